The zero-order valence-corrected chi connectivity index (χ0v) is 9.30. The molecule has 0 amide bonds. The minimum Gasteiger partial charge on any atom is -0.394 e. The number of hydrogen-bond acceptors (Lipinski definition) is 3. The third-order valence-corrected chi connectivity index (χ3v) is 3.20. The van der Waals surface area contributed by atoms with E-state index in [-0.39, 0.29) is 12.6 Å². The Morgan fingerprint density at radius 2 is 2.06 bits per heavy atom. The lowest BCUT2D eigenvalue weighted by Gasteiger charge is -2.36. The second-order valence-corrected chi connectivity index (χ2v) is 4.23. The first-order valence-electron chi connectivity index (χ1n) is 5.78. The molecule has 1 unspecified atom stereocenters. The van der Waals surface area contributed by atoms with Crippen molar-refractivity contribution in [3.63, 3.8) is 0 Å². The van der Waals surface area contributed by atoms with Crippen LogP contribution in [0.15, 0.2) is 24.3 Å². The van der Waals surface area contributed by atoms with Crippen LogP contribution in [0.3, 0.4) is 0 Å². The number of anilines is 1. The average molecular weight is 219 g/mol. The Morgan fingerprint density at radius 1 is 1.31 bits per heavy atom. The van der Waals surface area contributed by atoms with Gasteiger partial charge in [0.2, 0.25) is 0 Å². The summed E-state index contributed by atoms with van der Waals surface area (Å²) in [5, 5.41) is 9.33. The van der Waals surface area contributed by atoms with E-state index < -0.39 is 0 Å². The predicted molar refractivity (Wildman–Crippen MR) is 63.9 cm³/mol. The standard InChI is InChI=1S/C13H17NO2/c15-9-11-4-6-12(7-5-11)14-8-2-1-3-13(14)10-16/h4-7,9,13,16H,1-3,8,10H2. The largest absolute Gasteiger partial charge is 0.394 e. The molecule has 3 nitrogen and oxygen atoms in total. The van der Waals surface area contributed by atoms with Crippen LogP contribution in [0.5, 0.6) is 0 Å². The fourth-order valence-electron chi connectivity index (χ4n) is 2.27. The number of aliphatic hydroxyl groups excluding tert-OH is 1. The van der Waals surface area contributed by atoms with Gasteiger partial charge in [0.05, 0.1) is 12.6 Å². The maximum Gasteiger partial charge on any atom is 0.150 e. The molecule has 0 saturated carbocycles. The minimum atomic E-state index is 0.204. The highest BCUT2D eigenvalue weighted by Gasteiger charge is 2.21. The normalized spacial score (nSPS) is 20.8. The zero-order valence-electron chi connectivity index (χ0n) is 9.30. The molecular weight excluding hydrogens is 202 g/mol. The first-order valence-corrected chi connectivity index (χ1v) is 5.78. The van der Waals surface area contributed by atoms with E-state index in [1.54, 1.807) is 0 Å². The topological polar surface area (TPSA) is 40.5 Å². The molecule has 1 heterocycles. The van der Waals surface area contributed by atoms with E-state index in [2.05, 4.69) is 4.90 Å². The number of aliphatic hydroxyl groups is 1. The van der Waals surface area contributed by atoms with Gasteiger partial charge in [0.15, 0.2) is 0 Å². The summed E-state index contributed by atoms with van der Waals surface area (Å²) in [6, 6.07) is 7.79. The van der Waals surface area contributed by atoms with Crippen LogP contribution in [0.25, 0.3) is 0 Å². The van der Waals surface area contributed by atoms with Crippen molar-refractivity contribution < 1.29 is 9.90 Å². The molecule has 0 aliphatic carbocycles. The van der Waals surface area contributed by atoms with Crippen molar-refractivity contribution in [2.45, 2.75) is 25.3 Å². The van der Waals surface area contributed by atoms with E-state index in [9.17, 15) is 9.90 Å². The van der Waals surface area contributed by atoms with Gasteiger partial charge in [-0.25, -0.2) is 0 Å². The summed E-state index contributed by atoms with van der Waals surface area (Å²) in [5.41, 5.74) is 1.80. The summed E-state index contributed by atoms with van der Waals surface area (Å²) in [7, 11) is 0. The van der Waals surface area contributed by atoms with Gasteiger partial charge in [0, 0.05) is 17.8 Å². The second kappa shape index (κ2) is 5.12. The van der Waals surface area contributed by atoms with Gasteiger partial charge < -0.3 is 10.0 Å². The molecule has 1 atom stereocenters. The number of carbonyl (C=O) groups is 1. The Morgan fingerprint density at radius 3 is 2.69 bits per heavy atom. The molecular formula is C13H17NO2. The van der Waals surface area contributed by atoms with E-state index in [1.807, 2.05) is 24.3 Å². The third-order valence-electron chi connectivity index (χ3n) is 3.20. The number of hydrogen-bond donors (Lipinski definition) is 1. The van der Waals surface area contributed by atoms with Crippen LogP contribution in [-0.2, 0) is 0 Å². The summed E-state index contributed by atoms with van der Waals surface area (Å²) in [5.74, 6) is 0. The Bertz CT molecular complexity index is 347. The van der Waals surface area contributed by atoms with E-state index in [1.165, 1.54) is 12.8 Å². The molecule has 1 aliphatic rings. The molecule has 0 aromatic heterocycles. The van der Waals surface area contributed by atoms with Crippen LogP contribution in [0.2, 0.25) is 0 Å². The molecule has 0 bridgehead atoms. The van der Waals surface area contributed by atoms with Gasteiger partial charge in [0.25, 0.3) is 0 Å². The summed E-state index contributed by atoms with van der Waals surface area (Å²) in [6.07, 6.45) is 4.26. The number of carbonyl (C=O) groups excluding carboxylic acids is 1. The number of piperidine rings is 1. The maximum atomic E-state index is 10.6. The minimum absolute atomic E-state index is 0.204. The van der Waals surface area contributed by atoms with Crippen LogP contribution in [0.1, 0.15) is 29.6 Å². The SMILES string of the molecule is O=Cc1ccc(N2CCCCC2CO)cc1. The van der Waals surface area contributed by atoms with Gasteiger partial charge in [-0.15, -0.1) is 0 Å². The summed E-state index contributed by atoms with van der Waals surface area (Å²) < 4.78 is 0. The molecule has 1 aromatic rings. The molecule has 16 heavy (non-hydrogen) atoms. The average Bonchev–Trinajstić information content (AvgIpc) is 2.39. The Hall–Kier alpha value is -1.35. The van der Waals surface area contributed by atoms with Crippen molar-refractivity contribution in [1.82, 2.24) is 0 Å². The van der Waals surface area contributed by atoms with Crippen LogP contribution < -0.4 is 4.90 Å². The molecule has 1 aromatic carbocycles. The number of nitrogens with zero attached hydrogens (tertiary/aromatic N) is 1. The van der Waals surface area contributed by atoms with Crippen molar-refractivity contribution in [3.8, 4) is 0 Å². The first kappa shape index (κ1) is 11.1. The molecule has 1 N–H and O–H groups in total. The van der Waals surface area contributed by atoms with E-state index in [4.69, 9.17) is 0 Å². The van der Waals surface area contributed by atoms with Gasteiger partial charge in [-0.1, -0.05) is 0 Å². The van der Waals surface area contributed by atoms with Gasteiger partial charge >= 0.3 is 0 Å². The van der Waals surface area contributed by atoms with Crippen molar-refractivity contribution in [2.24, 2.45) is 0 Å². The lowest BCUT2D eigenvalue weighted by atomic mass is 10.0. The van der Waals surface area contributed by atoms with Crippen molar-refractivity contribution in [2.75, 3.05) is 18.1 Å². The number of aldehydes is 1. The molecule has 1 fully saturated rings. The summed E-state index contributed by atoms with van der Waals surface area (Å²) in [4.78, 5) is 12.8. The number of rotatable bonds is 3. The smallest absolute Gasteiger partial charge is 0.150 e. The Kier molecular flexibility index (Phi) is 3.57. The van der Waals surface area contributed by atoms with Crippen molar-refractivity contribution >= 4 is 12.0 Å². The fourth-order valence-corrected chi connectivity index (χ4v) is 2.27. The molecule has 1 saturated heterocycles. The molecule has 0 radical (unpaired) electrons. The maximum absolute atomic E-state index is 10.6. The number of benzene rings is 1. The summed E-state index contributed by atoms with van der Waals surface area (Å²) in [6.45, 7) is 1.20. The van der Waals surface area contributed by atoms with Crippen LogP contribution >= 0.6 is 0 Å². The highest BCUT2D eigenvalue weighted by atomic mass is 16.3. The molecule has 86 valence electrons. The molecule has 2 rings (SSSR count). The van der Waals surface area contributed by atoms with Gasteiger partial charge in [-0.2, -0.15) is 0 Å². The van der Waals surface area contributed by atoms with Crippen LogP contribution in [0.4, 0.5) is 5.69 Å². The van der Waals surface area contributed by atoms with Crippen LogP contribution in [-0.4, -0.2) is 30.6 Å². The van der Waals surface area contributed by atoms with Gasteiger partial charge in [-0.05, 0) is 43.5 Å². The van der Waals surface area contributed by atoms with E-state index in [0.717, 1.165) is 24.9 Å². The Balaban J connectivity index is 2.17. The highest BCUT2D eigenvalue weighted by Crippen LogP contribution is 2.24. The first-order chi connectivity index (χ1) is 7.85. The Labute approximate surface area is 95.7 Å². The molecule has 1 aliphatic heterocycles. The van der Waals surface area contributed by atoms with E-state index in [0.29, 0.717) is 5.56 Å². The second-order valence-electron chi connectivity index (χ2n) is 4.23. The molecule has 3 heteroatoms. The molecule has 0 spiro atoms. The summed E-state index contributed by atoms with van der Waals surface area (Å²) >= 11 is 0. The van der Waals surface area contributed by atoms with Crippen molar-refractivity contribution in [3.05, 3.63) is 29.8 Å². The third kappa shape index (κ3) is 2.25. The van der Waals surface area contributed by atoms with Gasteiger partial charge in [0.1, 0.15) is 6.29 Å². The zero-order chi connectivity index (χ0) is 11.4. The quantitative estimate of drug-likeness (QED) is 0.789. The predicted octanol–water partition coefficient (Wildman–Crippen LogP) is 1.85. The van der Waals surface area contributed by atoms with E-state index >= 15 is 0 Å². The van der Waals surface area contributed by atoms with Crippen molar-refractivity contribution in [1.29, 1.82) is 0 Å². The highest BCUT2D eigenvalue weighted by molar-refractivity contribution is 5.75. The lowest BCUT2D eigenvalue weighted by molar-refractivity contribution is 0.112. The van der Waals surface area contributed by atoms with Gasteiger partial charge in [-0.3, -0.25) is 4.79 Å². The fraction of sp³-hybridized carbons (Fsp3) is 0.462. The lowest BCUT2D eigenvalue weighted by Crippen LogP contribution is -2.41. The van der Waals surface area contributed by atoms with Crippen LogP contribution in [0, 0.1) is 0 Å². The monoisotopic (exact) mass is 219 g/mol.